The number of para-hydroxylation sites is 3. The predicted octanol–water partition coefficient (Wildman–Crippen LogP) is 5.75. The molecule has 198 valence electrons. The van der Waals surface area contributed by atoms with Crippen molar-refractivity contribution >= 4 is 34.4 Å². The van der Waals surface area contributed by atoms with Crippen LogP contribution in [0.3, 0.4) is 0 Å². The number of hydrogen-bond acceptors (Lipinski definition) is 6. The first-order valence-electron chi connectivity index (χ1n) is 12.4. The molecule has 1 N–H and O–H groups in total. The summed E-state index contributed by atoms with van der Waals surface area (Å²) in [6.45, 7) is 2.60. The molecule has 0 saturated carbocycles. The minimum atomic E-state index is -0.530. The molecule has 9 heteroatoms. The molecule has 1 aromatic heterocycles. The second-order valence-corrected chi connectivity index (χ2v) is 9.45. The maximum absolute atomic E-state index is 13.9. The molecule has 0 fully saturated rings. The molecule has 0 spiro atoms. The molecule has 1 heterocycles. The minimum absolute atomic E-state index is 0.228. The van der Waals surface area contributed by atoms with E-state index >= 15 is 0 Å². The van der Waals surface area contributed by atoms with Crippen LogP contribution in [0.2, 0.25) is 0 Å². The number of hydrogen-bond donors (Lipinski definition) is 1. The van der Waals surface area contributed by atoms with Crippen LogP contribution in [0.25, 0.3) is 16.6 Å². The molecule has 2 amide bonds. The monoisotopic (exact) mass is 532 g/mol. The number of urea groups is 1. The number of methoxy groups -OCH3 is 2. The summed E-state index contributed by atoms with van der Waals surface area (Å²) in [4.78, 5) is 35.3. The van der Waals surface area contributed by atoms with Crippen molar-refractivity contribution in [1.82, 2.24) is 14.5 Å². The Morgan fingerprint density at radius 2 is 1.76 bits per heavy atom. The van der Waals surface area contributed by atoms with E-state index in [0.29, 0.717) is 53.4 Å². The lowest BCUT2D eigenvalue weighted by Crippen LogP contribution is -2.42. The summed E-state index contributed by atoms with van der Waals surface area (Å²) < 4.78 is 12.5. The van der Waals surface area contributed by atoms with Gasteiger partial charge in [-0.25, -0.2) is 9.78 Å². The molecule has 0 aliphatic heterocycles. The first kappa shape index (κ1) is 27.2. The number of nitrogens with one attached hydrogen (secondary N) is 1. The van der Waals surface area contributed by atoms with Crippen molar-refractivity contribution in [1.29, 1.82) is 0 Å². The van der Waals surface area contributed by atoms with Gasteiger partial charge in [-0.2, -0.15) is 0 Å². The van der Waals surface area contributed by atoms with Gasteiger partial charge in [0.2, 0.25) is 0 Å². The average Bonchev–Trinajstić information content (AvgIpc) is 2.95. The van der Waals surface area contributed by atoms with Crippen LogP contribution in [0.5, 0.6) is 5.75 Å². The van der Waals surface area contributed by atoms with Gasteiger partial charge in [0.15, 0.2) is 0 Å². The molecule has 0 aliphatic rings. The van der Waals surface area contributed by atoms with E-state index in [1.54, 1.807) is 47.6 Å². The molecule has 0 saturated heterocycles. The van der Waals surface area contributed by atoms with Gasteiger partial charge in [-0.15, -0.1) is 11.8 Å². The number of ether oxygens (including phenoxy) is 2. The van der Waals surface area contributed by atoms with Crippen molar-refractivity contribution in [3.8, 4) is 11.4 Å². The Morgan fingerprint density at radius 3 is 2.45 bits per heavy atom. The first-order valence-corrected chi connectivity index (χ1v) is 13.6. The highest BCUT2D eigenvalue weighted by Gasteiger charge is 2.30. The largest absolute Gasteiger partial charge is 0.495 e. The molecule has 0 radical (unpaired) electrons. The summed E-state index contributed by atoms with van der Waals surface area (Å²) in [5, 5.41) is 3.49. The Morgan fingerprint density at radius 1 is 1.05 bits per heavy atom. The van der Waals surface area contributed by atoms with Crippen LogP contribution in [0, 0.1) is 0 Å². The van der Waals surface area contributed by atoms with Gasteiger partial charge in [0.1, 0.15) is 11.6 Å². The van der Waals surface area contributed by atoms with Crippen LogP contribution < -0.4 is 15.6 Å². The van der Waals surface area contributed by atoms with Crippen molar-refractivity contribution in [2.24, 2.45) is 0 Å². The number of anilines is 1. The van der Waals surface area contributed by atoms with Crippen molar-refractivity contribution in [3.63, 3.8) is 0 Å². The molecule has 0 bridgehead atoms. The standard InChI is InChI=1S/C29H32N4O4S/c1-5-24(32(18-19-36-2)29(35)30-20-14-16-21(38-4)17-15-20)27-31-23-11-7-6-10-22(23)28(34)33(27)25-12-8-9-13-26(25)37-3/h6-17,24H,5,18-19H2,1-4H3,(H,30,35). The summed E-state index contributed by atoms with van der Waals surface area (Å²) in [7, 11) is 3.16. The van der Waals surface area contributed by atoms with E-state index in [2.05, 4.69) is 5.32 Å². The maximum Gasteiger partial charge on any atom is 0.322 e. The summed E-state index contributed by atoms with van der Waals surface area (Å²) in [5.41, 5.74) is 1.58. The first-order chi connectivity index (χ1) is 18.5. The van der Waals surface area contributed by atoms with Crippen LogP contribution in [0.1, 0.15) is 25.2 Å². The number of thioether (sulfide) groups is 1. The third-order valence-electron chi connectivity index (χ3n) is 6.33. The van der Waals surface area contributed by atoms with Gasteiger partial charge in [-0.1, -0.05) is 31.2 Å². The smallest absolute Gasteiger partial charge is 0.322 e. The van der Waals surface area contributed by atoms with E-state index in [1.807, 2.05) is 73.8 Å². The zero-order chi connectivity index (χ0) is 27.1. The van der Waals surface area contributed by atoms with Crippen molar-refractivity contribution in [3.05, 3.63) is 89.0 Å². The van der Waals surface area contributed by atoms with Gasteiger partial charge >= 0.3 is 6.03 Å². The highest BCUT2D eigenvalue weighted by Crippen LogP contribution is 2.30. The van der Waals surface area contributed by atoms with Crippen LogP contribution in [0.15, 0.2) is 82.5 Å². The number of nitrogens with zero attached hydrogens (tertiary/aromatic N) is 3. The fourth-order valence-corrected chi connectivity index (χ4v) is 4.83. The van der Waals surface area contributed by atoms with Crippen LogP contribution in [-0.4, -0.2) is 54.1 Å². The summed E-state index contributed by atoms with van der Waals surface area (Å²) >= 11 is 1.63. The average molecular weight is 533 g/mol. The van der Waals surface area contributed by atoms with E-state index in [9.17, 15) is 9.59 Å². The molecule has 8 nitrogen and oxygen atoms in total. The topological polar surface area (TPSA) is 85.7 Å². The van der Waals surface area contributed by atoms with E-state index in [1.165, 1.54) is 0 Å². The molecule has 3 aromatic carbocycles. The van der Waals surface area contributed by atoms with Gasteiger partial charge < -0.3 is 19.7 Å². The zero-order valence-corrected chi connectivity index (χ0v) is 22.8. The Balaban J connectivity index is 1.86. The Hall–Kier alpha value is -3.82. The van der Waals surface area contributed by atoms with E-state index in [-0.39, 0.29) is 11.6 Å². The lowest BCUT2D eigenvalue weighted by Gasteiger charge is -2.32. The van der Waals surface area contributed by atoms with Crippen LogP contribution in [-0.2, 0) is 4.74 Å². The van der Waals surface area contributed by atoms with Gasteiger partial charge in [0.05, 0.1) is 36.3 Å². The van der Waals surface area contributed by atoms with Gasteiger partial charge in [-0.3, -0.25) is 9.36 Å². The molecular weight excluding hydrogens is 500 g/mol. The highest BCUT2D eigenvalue weighted by atomic mass is 32.2. The number of fused-ring (bicyclic) bond motifs is 1. The summed E-state index contributed by atoms with van der Waals surface area (Å²) in [6, 6.07) is 21.4. The predicted molar refractivity (Wildman–Crippen MR) is 153 cm³/mol. The van der Waals surface area contributed by atoms with E-state index in [0.717, 1.165) is 4.90 Å². The molecule has 1 atom stereocenters. The number of benzene rings is 3. The number of rotatable bonds is 10. The molecule has 1 unspecified atom stereocenters. The van der Waals surface area contributed by atoms with E-state index in [4.69, 9.17) is 14.5 Å². The van der Waals surface area contributed by atoms with Crippen molar-refractivity contribution < 1.29 is 14.3 Å². The fraction of sp³-hybridized carbons (Fsp3) is 0.276. The van der Waals surface area contributed by atoms with Gasteiger partial charge in [0.25, 0.3) is 5.56 Å². The molecule has 0 aliphatic carbocycles. The van der Waals surface area contributed by atoms with Gasteiger partial charge in [-0.05, 0) is 61.2 Å². The highest BCUT2D eigenvalue weighted by molar-refractivity contribution is 7.98. The number of carbonyl (C=O) groups excluding carboxylic acids is 1. The SMILES string of the molecule is CCC(c1nc2ccccc2c(=O)n1-c1ccccc1OC)N(CCOC)C(=O)Nc1ccc(SC)cc1. The number of amides is 2. The summed E-state index contributed by atoms with van der Waals surface area (Å²) in [5.74, 6) is 0.981. The minimum Gasteiger partial charge on any atom is -0.495 e. The maximum atomic E-state index is 13.9. The van der Waals surface area contributed by atoms with Crippen molar-refractivity contribution in [2.75, 3.05) is 38.9 Å². The van der Waals surface area contributed by atoms with Crippen LogP contribution >= 0.6 is 11.8 Å². The summed E-state index contributed by atoms with van der Waals surface area (Å²) in [6.07, 6.45) is 2.52. The Kier molecular flexibility index (Phi) is 9.04. The molecular formula is C29H32N4O4S. The third kappa shape index (κ3) is 5.69. The van der Waals surface area contributed by atoms with E-state index < -0.39 is 6.04 Å². The normalized spacial score (nSPS) is 11.8. The molecule has 4 aromatic rings. The third-order valence-corrected chi connectivity index (χ3v) is 7.07. The quantitative estimate of drug-likeness (QED) is 0.262. The lowest BCUT2D eigenvalue weighted by atomic mass is 10.1. The number of carbonyl (C=O) groups is 1. The second-order valence-electron chi connectivity index (χ2n) is 8.57. The Labute approximate surface area is 226 Å². The van der Waals surface area contributed by atoms with Crippen molar-refractivity contribution in [2.45, 2.75) is 24.3 Å². The zero-order valence-electron chi connectivity index (χ0n) is 22.0. The Bertz CT molecular complexity index is 1460. The van der Waals surface area contributed by atoms with Gasteiger partial charge in [0, 0.05) is 24.2 Å². The second kappa shape index (κ2) is 12.6. The van der Waals surface area contributed by atoms with Crippen LogP contribution in [0.4, 0.5) is 10.5 Å². The molecule has 4 rings (SSSR count). The fourth-order valence-electron chi connectivity index (χ4n) is 4.42. The number of aromatic nitrogens is 2. The molecule has 38 heavy (non-hydrogen) atoms. The lowest BCUT2D eigenvalue weighted by molar-refractivity contribution is 0.131.